The van der Waals surface area contributed by atoms with Crippen molar-refractivity contribution < 1.29 is 14.7 Å². The average molecular weight is 427 g/mol. The van der Waals surface area contributed by atoms with Crippen LogP contribution in [0, 0.1) is 0 Å². The standard InChI is InChI=1S/C22H23ClN4O3/c1-2-8-17(24-22(30)20(28)15-11-6-7-12-16(15)23)21(29)25-19-13-18(26-27-19)14-9-4-3-5-10-14/h3-7,9-13,17,20,28H,2,8H2,1H3,(H,24,30)(H2,25,26,27,29). The summed E-state index contributed by atoms with van der Waals surface area (Å²) in [6.07, 6.45) is -0.403. The molecule has 0 saturated heterocycles. The molecule has 0 radical (unpaired) electrons. The number of aliphatic hydroxyl groups is 1. The van der Waals surface area contributed by atoms with Crippen LogP contribution in [0.5, 0.6) is 0 Å². The Hall–Kier alpha value is -3.16. The number of H-pyrrole nitrogens is 1. The number of anilines is 1. The van der Waals surface area contributed by atoms with Crippen LogP contribution >= 0.6 is 11.6 Å². The SMILES string of the molecule is CCCC(NC(=O)C(O)c1ccccc1Cl)C(=O)Nc1cc(-c2ccccc2)[nH]n1. The minimum atomic E-state index is -1.47. The van der Waals surface area contributed by atoms with Gasteiger partial charge in [-0.3, -0.25) is 14.7 Å². The smallest absolute Gasteiger partial charge is 0.254 e. The van der Waals surface area contributed by atoms with E-state index in [0.29, 0.717) is 18.7 Å². The summed E-state index contributed by atoms with van der Waals surface area (Å²) in [6.45, 7) is 1.90. The summed E-state index contributed by atoms with van der Waals surface area (Å²) in [6, 6.07) is 17.0. The van der Waals surface area contributed by atoms with Crippen molar-refractivity contribution in [3.63, 3.8) is 0 Å². The predicted octanol–water partition coefficient (Wildman–Crippen LogP) is 3.69. The first-order valence-electron chi connectivity index (χ1n) is 9.64. The molecule has 0 aliphatic rings. The number of halogens is 1. The normalized spacial score (nSPS) is 12.8. The highest BCUT2D eigenvalue weighted by atomic mass is 35.5. The molecular formula is C22H23ClN4O3. The maximum atomic E-state index is 12.7. The molecule has 2 unspecified atom stereocenters. The third-order valence-electron chi connectivity index (χ3n) is 4.57. The number of aromatic amines is 1. The number of rotatable bonds is 8. The van der Waals surface area contributed by atoms with Crippen LogP contribution in [0.4, 0.5) is 5.82 Å². The predicted molar refractivity (Wildman–Crippen MR) is 116 cm³/mol. The number of hydrogen-bond acceptors (Lipinski definition) is 4. The fourth-order valence-electron chi connectivity index (χ4n) is 3.01. The molecule has 2 aromatic carbocycles. The van der Waals surface area contributed by atoms with E-state index >= 15 is 0 Å². The third-order valence-corrected chi connectivity index (χ3v) is 4.92. The number of carbonyl (C=O) groups excluding carboxylic acids is 2. The Labute approximate surface area is 179 Å². The molecule has 0 aliphatic heterocycles. The molecule has 1 aromatic heterocycles. The van der Waals surface area contributed by atoms with E-state index in [1.165, 1.54) is 0 Å². The van der Waals surface area contributed by atoms with Crippen LogP contribution in [0.3, 0.4) is 0 Å². The molecule has 0 saturated carbocycles. The van der Waals surface area contributed by atoms with Gasteiger partial charge in [0.05, 0.1) is 5.69 Å². The zero-order valence-electron chi connectivity index (χ0n) is 16.4. The number of amides is 2. The van der Waals surface area contributed by atoms with Gasteiger partial charge >= 0.3 is 0 Å². The Bertz CT molecular complexity index is 1010. The fourth-order valence-corrected chi connectivity index (χ4v) is 3.25. The third kappa shape index (κ3) is 5.25. The number of aromatic nitrogens is 2. The summed E-state index contributed by atoms with van der Waals surface area (Å²) in [5.41, 5.74) is 1.98. The maximum absolute atomic E-state index is 12.7. The van der Waals surface area contributed by atoms with Gasteiger partial charge in [0.25, 0.3) is 5.91 Å². The number of hydrogen-bond donors (Lipinski definition) is 4. The van der Waals surface area contributed by atoms with Crippen molar-refractivity contribution in [1.82, 2.24) is 15.5 Å². The van der Waals surface area contributed by atoms with Gasteiger partial charge in [0.15, 0.2) is 11.9 Å². The summed E-state index contributed by atoms with van der Waals surface area (Å²) >= 11 is 6.05. The first-order valence-corrected chi connectivity index (χ1v) is 10.0. The molecular weight excluding hydrogens is 404 g/mol. The van der Waals surface area contributed by atoms with Gasteiger partial charge in [0.2, 0.25) is 5.91 Å². The summed E-state index contributed by atoms with van der Waals surface area (Å²) < 4.78 is 0. The molecule has 7 nitrogen and oxygen atoms in total. The molecule has 0 spiro atoms. The topological polar surface area (TPSA) is 107 Å². The van der Waals surface area contributed by atoms with Crippen LogP contribution in [-0.4, -0.2) is 33.2 Å². The first-order chi connectivity index (χ1) is 14.5. The van der Waals surface area contributed by atoms with Gasteiger partial charge in [0, 0.05) is 16.7 Å². The minimum absolute atomic E-state index is 0.279. The molecule has 0 fully saturated rings. The molecule has 4 N–H and O–H groups in total. The Kier molecular flexibility index (Phi) is 7.21. The van der Waals surface area contributed by atoms with Crippen molar-refractivity contribution >= 4 is 29.2 Å². The quantitative estimate of drug-likeness (QED) is 0.440. The zero-order valence-corrected chi connectivity index (χ0v) is 17.2. The largest absolute Gasteiger partial charge is 0.378 e. The monoisotopic (exact) mass is 426 g/mol. The number of aliphatic hydroxyl groups excluding tert-OH is 1. The van der Waals surface area contributed by atoms with E-state index < -0.39 is 24.0 Å². The van der Waals surface area contributed by atoms with Gasteiger partial charge in [-0.05, 0) is 18.1 Å². The zero-order chi connectivity index (χ0) is 21.5. The van der Waals surface area contributed by atoms with Crippen molar-refractivity contribution in [1.29, 1.82) is 0 Å². The van der Waals surface area contributed by atoms with Crippen LogP contribution in [0.15, 0.2) is 60.7 Å². The van der Waals surface area contributed by atoms with Gasteiger partial charge in [-0.15, -0.1) is 0 Å². The van der Waals surface area contributed by atoms with Crippen LogP contribution in [0.1, 0.15) is 31.4 Å². The van der Waals surface area contributed by atoms with E-state index in [2.05, 4.69) is 20.8 Å². The van der Waals surface area contributed by atoms with Crippen molar-refractivity contribution in [2.45, 2.75) is 31.9 Å². The molecule has 156 valence electrons. The van der Waals surface area contributed by atoms with Gasteiger partial charge in [0.1, 0.15) is 6.04 Å². The highest BCUT2D eigenvalue weighted by molar-refractivity contribution is 6.31. The molecule has 8 heteroatoms. The van der Waals surface area contributed by atoms with Gasteiger partial charge in [-0.25, -0.2) is 0 Å². The second-order valence-corrected chi connectivity index (χ2v) is 7.20. The molecule has 30 heavy (non-hydrogen) atoms. The Morgan fingerprint density at radius 2 is 1.80 bits per heavy atom. The van der Waals surface area contributed by atoms with Crippen molar-refractivity contribution in [2.75, 3.05) is 5.32 Å². The van der Waals surface area contributed by atoms with E-state index in [1.54, 1.807) is 30.3 Å². The van der Waals surface area contributed by atoms with E-state index in [0.717, 1.165) is 11.3 Å². The van der Waals surface area contributed by atoms with E-state index in [9.17, 15) is 14.7 Å². The molecule has 1 heterocycles. The summed E-state index contributed by atoms with van der Waals surface area (Å²) in [7, 11) is 0. The van der Waals surface area contributed by atoms with Crippen LogP contribution in [-0.2, 0) is 9.59 Å². The Balaban J connectivity index is 1.67. The van der Waals surface area contributed by atoms with Crippen molar-refractivity contribution in [3.05, 3.63) is 71.2 Å². The highest BCUT2D eigenvalue weighted by Gasteiger charge is 2.26. The Morgan fingerprint density at radius 1 is 1.10 bits per heavy atom. The highest BCUT2D eigenvalue weighted by Crippen LogP contribution is 2.23. The number of nitrogens with one attached hydrogen (secondary N) is 3. The van der Waals surface area contributed by atoms with Crippen LogP contribution in [0.2, 0.25) is 5.02 Å². The van der Waals surface area contributed by atoms with E-state index in [4.69, 9.17) is 11.6 Å². The average Bonchev–Trinajstić information content (AvgIpc) is 3.22. The lowest BCUT2D eigenvalue weighted by Gasteiger charge is -2.20. The second-order valence-electron chi connectivity index (χ2n) is 6.80. The number of carbonyl (C=O) groups is 2. The van der Waals surface area contributed by atoms with Gasteiger partial charge < -0.3 is 15.7 Å². The molecule has 2 atom stereocenters. The summed E-state index contributed by atoms with van der Waals surface area (Å²) in [5, 5.41) is 22.9. The van der Waals surface area contributed by atoms with E-state index in [1.807, 2.05) is 37.3 Å². The lowest BCUT2D eigenvalue weighted by Crippen LogP contribution is -2.45. The summed E-state index contributed by atoms with van der Waals surface area (Å²) in [5.74, 6) is -0.757. The van der Waals surface area contributed by atoms with Crippen molar-refractivity contribution in [3.8, 4) is 11.3 Å². The lowest BCUT2D eigenvalue weighted by atomic mass is 10.1. The minimum Gasteiger partial charge on any atom is -0.378 e. The second kappa shape index (κ2) is 10.0. The van der Waals surface area contributed by atoms with Crippen LogP contribution < -0.4 is 10.6 Å². The van der Waals surface area contributed by atoms with Gasteiger partial charge in [-0.2, -0.15) is 5.10 Å². The van der Waals surface area contributed by atoms with Crippen LogP contribution in [0.25, 0.3) is 11.3 Å². The maximum Gasteiger partial charge on any atom is 0.254 e. The number of benzene rings is 2. The molecule has 2 amide bonds. The lowest BCUT2D eigenvalue weighted by molar-refractivity contribution is -0.133. The van der Waals surface area contributed by atoms with Crippen molar-refractivity contribution in [2.24, 2.45) is 0 Å². The number of nitrogens with zero attached hydrogens (tertiary/aromatic N) is 1. The Morgan fingerprint density at radius 3 is 2.50 bits per heavy atom. The molecule has 3 aromatic rings. The molecule has 0 aliphatic carbocycles. The summed E-state index contributed by atoms with van der Waals surface area (Å²) in [4.78, 5) is 25.2. The molecule has 0 bridgehead atoms. The first kappa shape index (κ1) is 21.5. The van der Waals surface area contributed by atoms with E-state index in [-0.39, 0.29) is 10.6 Å². The molecule has 3 rings (SSSR count). The van der Waals surface area contributed by atoms with Gasteiger partial charge in [-0.1, -0.05) is 73.5 Å². The fraction of sp³-hybridized carbons (Fsp3) is 0.227.